The number of rotatable bonds is 5. The molecular weight excluding hydrogens is 422 g/mol. The topological polar surface area (TPSA) is 62.8 Å². The summed E-state index contributed by atoms with van der Waals surface area (Å²) in [6, 6.07) is 14.6. The Morgan fingerprint density at radius 1 is 1.03 bits per heavy atom. The van der Waals surface area contributed by atoms with Gasteiger partial charge in [-0.3, -0.25) is 0 Å². The molecule has 2 heterocycles. The number of aromatic nitrogens is 2. The number of fused-ring (bicyclic) bond motifs is 1. The summed E-state index contributed by atoms with van der Waals surface area (Å²) in [6.45, 7) is 6.73. The van der Waals surface area contributed by atoms with Crippen LogP contribution in [-0.4, -0.2) is 59.4 Å². The molecule has 2 unspecified atom stereocenters. The smallest absolute Gasteiger partial charge is 0.169 e. The summed E-state index contributed by atoms with van der Waals surface area (Å²) in [5.41, 5.74) is 2.04. The van der Waals surface area contributed by atoms with Crippen molar-refractivity contribution in [1.29, 1.82) is 0 Å². The average Bonchev–Trinajstić information content (AvgIpc) is 2.81. The van der Waals surface area contributed by atoms with Gasteiger partial charge in [-0.05, 0) is 37.7 Å². The van der Waals surface area contributed by atoms with E-state index in [1.165, 1.54) is 5.56 Å². The van der Waals surface area contributed by atoms with Gasteiger partial charge in [0.1, 0.15) is 12.1 Å². The second kappa shape index (κ2) is 9.56. The van der Waals surface area contributed by atoms with E-state index in [0.717, 1.165) is 41.5 Å². The van der Waals surface area contributed by atoms with Crippen LogP contribution in [-0.2, 0) is 6.54 Å². The number of piperazine rings is 1. The molecule has 0 amide bonds. The molecule has 32 heavy (non-hydrogen) atoms. The van der Waals surface area contributed by atoms with Crippen molar-refractivity contribution in [2.75, 3.05) is 32.2 Å². The molecule has 0 bridgehead atoms. The molecule has 0 aliphatic carbocycles. The zero-order valence-corrected chi connectivity index (χ0v) is 19.7. The second-order valence-electron chi connectivity index (χ2n) is 8.08. The van der Waals surface area contributed by atoms with E-state index in [0.29, 0.717) is 11.5 Å². The lowest BCUT2D eigenvalue weighted by Gasteiger charge is -2.46. The normalized spacial score (nSPS) is 18.5. The molecule has 168 valence electrons. The fourth-order valence-electron chi connectivity index (χ4n) is 4.38. The summed E-state index contributed by atoms with van der Waals surface area (Å²) in [7, 11) is 3.27. The average molecular weight is 452 g/mol. The van der Waals surface area contributed by atoms with Crippen molar-refractivity contribution in [3.05, 3.63) is 54.4 Å². The number of hydrogen-bond donors (Lipinski definition) is 1. The van der Waals surface area contributed by atoms with Gasteiger partial charge in [-0.25, -0.2) is 9.97 Å². The Hall–Kier alpha value is -3.13. The highest BCUT2D eigenvalue weighted by molar-refractivity contribution is 7.80. The Bertz CT molecular complexity index is 1080. The Morgan fingerprint density at radius 2 is 1.69 bits per heavy atom. The van der Waals surface area contributed by atoms with E-state index in [4.69, 9.17) is 21.7 Å². The maximum atomic E-state index is 5.76. The lowest BCUT2D eigenvalue weighted by Crippen LogP contribution is -2.60. The number of nitrogens with one attached hydrogen (secondary N) is 1. The highest BCUT2D eigenvalue weighted by atomic mass is 32.1. The minimum atomic E-state index is 0.222. The number of benzene rings is 2. The molecule has 0 spiro atoms. The third-order valence-electron chi connectivity index (χ3n) is 5.86. The SMILES string of the molecule is COc1cc2ncnc(N3CC(C)N(C(=S)NCc4ccccc4)C(C)C3)c2cc1OC. The van der Waals surface area contributed by atoms with Crippen molar-refractivity contribution in [2.24, 2.45) is 0 Å². The van der Waals surface area contributed by atoms with Gasteiger partial charge in [0.25, 0.3) is 0 Å². The van der Waals surface area contributed by atoms with Gasteiger partial charge in [0, 0.05) is 43.2 Å². The van der Waals surface area contributed by atoms with Gasteiger partial charge in [-0.1, -0.05) is 30.3 Å². The second-order valence-corrected chi connectivity index (χ2v) is 8.46. The minimum Gasteiger partial charge on any atom is -0.493 e. The van der Waals surface area contributed by atoms with Crippen LogP contribution in [0.25, 0.3) is 10.9 Å². The van der Waals surface area contributed by atoms with Gasteiger partial charge in [0.2, 0.25) is 0 Å². The minimum absolute atomic E-state index is 0.222. The zero-order chi connectivity index (χ0) is 22.7. The van der Waals surface area contributed by atoms with E-state index < -0.39 is 0 Å². The number of thiocarbonyl (C=S) groups is 1. The van der Waals surface area contributed by atoms with Crippen molar-refractivity contribution in [3.63, 3.8) is 0 Å². The van der Waals surface area contributed by atoms with Gasteiger partial charge in [0.15, 0.2) is 16.6 Å². The third-order valence-corrected chi connectivity index (χ3v) is 6.21. The molecule has 0 saturated carbocycles. The lowest BCUT2D eigenvalue weighted by molar-refractivity contribution is 0.225. The van der Waals surface area contributed by atoms with Crippen molar-refractivity contribution >= 4 is 34.1 Å². The highest BCUT2D eigenvalue weighted by Crippen LogP contribution is 2.35. The first kappa shape index (κ1) is 22.1. The molecule has 2 atom stereocenters. The van der Waals surface area contributed by atoms with Crippen molar-refractivity contribution in [1.82, 2.24) is 20.2 Å². The summed E-state index contributed by atoms with van der Waals surface area (Å²) in [6.07, 6.45) is 1.61. The van der Waals surface area contributed by atoms with Crippen LogP contribution in [0.15, 0.2) is 48.8 Å². The standard InChI is InChI=1S/C24H29N5O2S/c1-16-13-28(14-17(2)29(16)24(32)25-12-18-8-6-5-7-9-18)23-19-10-21(30-3)22(31-4)11-20(19)26-15-27-23/h5-11,15-17H,12-14H2,1-4H3,(H,25,32). The maximum absolute atomic E-state index is 5.76. The van der Waals surface area contributed by atoms with Crippen LogP contribution in [0.5, 0.6) is 11.5 Å². The summed E-state index contributed by atoms with van der Waals surface area (Å²) < 4.78 is 10.9. The first-order valence-electron chi connectivity index (χ1n) is 10.7. The number of ether oxygens (including phenoxy) is 2. The van der Waals surface area contributed by atoms with Gasteiger partial charge in [0.05, 0.1) is 19.7 Å². The zero-order valence-electron chi connectivity index (χ0n) is 18.9. The number of anilines is 1. The van der Waals surface area contributed by atoms with Gasteiger partial charge in [-0.15, -0.1) is 0 Å². The molecule has 1 aliphatic rings. The van der Waals surface area contributed by atoms with Crippen molar-refractivity contribution in [3.8, 4) is 11.5 Å². The lowest BCUT2D eigenvalue weighted by atomic mass is 10.1. The van der Waals surface area contributed by atoms with E-state index in [-0.39, 0.29) is 12.1 Å². The van der Waals surface area contributed by atoms with Crippen molar-refractivity contribution in [2.45, 2.75) is 32.5 Å². The third kappa shape index (κ3) is 4.41. The van der Waals surface area contributed by atoms with Gasteiger partial charge in [-0.2, -0.15) is 0 Å². The van der Waals surface area contributed by atoms with Crippen molar-refractivity contribution < 1.29 is 9.47 Å². The first-order valence-corrected chi connectivity index (χ1v) is 11.1. The van der Waals surface area contributed by atoms with Crippen LogP contribution in [0.2, 0.25) is 0 Å². The molecular formula is C24H29N5O2S. The quantitative estimate of drug-likeness (QED) is 0.590. The van der Waals surface area contributed by atoms with E-state index in [2.05, 4.69) is 51.1 Å². The van der Waals surface area contributed by atoms with Crippen LogP contribution in [0, 0.1) is 0 Å². The molecule has 3 aromatic rings. The molecule has 1 N–H and O–H groups in total. The fraction of sp³-hybridized carbons (Fsp3) is 0.375. The predicted molar refractivity (Wildman–Crippen MR) is 131 cm³/mol. The van der Waals surface area contributed by atoms with Crippen LogP contribution in [0.1, 0.15) is 19.4 Å². The number of methoxy groups -OCH3 is 2. The first-order chi connectivity index (χ1) is 15.5. The number of hydrogen-bond acceptors (Lipinski definition) is 6. The number of nitrogens with zero attached hydrogens (tertiary/aromatic N) is 4. The Labute approximate surface area is 194 Å². The fourth-order valence-corrected chi connectivity index (χ4v) is 4.81. The molecule has 7 nitrogen and oxygen atoms in total. The molecule has 1 saturated heterocycles. The molecule has 4 rings (SSSR count). The van der Waals surface area contributed by atoms with Gasteiger partial charge >= 0.3 is 0 Å². The van der Waals surface area contributed by atoms with Crippen LogP contribution >= 0.6 is 12.2 Å². The van der Waals surface area contributed by atoms with E-state index in [1.54, 1.807) is 20.5 Å². The van der Waals surface area contributed by atoms with Crippen LogP contribution in [0.3, 0.4) is 0 Å². The molecule has 8 heteroatoms. The van der Waals surface area contributed by atoms with E-state index >= 15 is 0 Å². The molecule has 1 aliphatic heterocycles. The Balaban J connectivity index is 1.53. The summed E-state index contributed by atoms with van der Waals surface area (Å²) in [4.78, 5) is 13.7. The highest BCUT2D eigenvalue weighted by Gasteiger charge is 2.32. The van der Waals surface area contributed by atoms with E-state index in [1.807, 2.05) is 30.3 Å². The Morgan fingerprint density at radius 3 is 2.34 bits per heavy atom. The molecule has 1 fully saturated rings. The largest absolute Gasteiger partial charge is 0.493 e. The summed E-state index contributed by atoms with van der Waals surface area (Å²) >= 11 is 5.76. The molecule has 2 aromatic carbocycles. The van der Waals surface area contributed by atoms with Crippen LogP contribution < -0.4 is 19.7 Å². The monoisotopic (exact) mass is 451 g/mol. The molecule has 1 aromatic heterocycles. The maximum Gasteiger partial charge on any atom is 0.169 e. The Kier molecular flexibility index (Phi) is 6.60. The summed E-state index contributed by atoms with van der Waals surface area (Å²) in [5.74, 6) is 2.23. The molecule has 0 radical (unpaired) electrons. The predicted octanol–water partition coefficient (Wildman–Crippen LogP) is 3.62. The van der Waals surface area contributed by atoms with E-state index in [9.17, 15) is 0 Å². The summed E-state index contributed by atoms with van der Waals surface area (Å²) in [5, 5.41) is 5.16. The van der Waals surface area contributed by atoms with Gasteiger partial charge < -0.3 is 24.6 Å². The van der Waals surface area contributed by atoms with Crippen LogP contribution in [0.4, 0.5) is 5.82 Å².